The fraction of sp³-hybridized carbons (Fsp3) is 0.750. The number of hydrogen-bond acceptors (Lipinski definition) is 1. The summed E-state index contributed by atoms with van der Waals surface area (Å²) in [6.07, 6.45) is 11.0. The first-order valence-electron chi connectivity index (χ1n) is 5.40. The number of hydrogen-bond donors (Lipinski definition) is 0. The normalized spacial score (nSPS) is 39.8. The van der Waals surface area contributed by atoms with Gasteiger partial charge in [-0.1, -0.05) is 19.1 Å². The van der Waals surface area contributed by atoms with Crippen LogP contribution in [0.15, 0.2) is 12.2 Å². The lowest BCUT2D eigenvalue weighted by atomic mass is 9.64. The van der Waals surface area contributed by atoms with E-state index in [1.54, 1.807) is 0 Å². The summed E-state index contributed by atoms with van der Waals surface area (Å²) in [5.41, 5.74) is 0.318. The first-order valence-corrected chi connectivity index (χ1v) is 5.40. The lowest BCUT2D eigenvalue weighted by Crippen LogP contribution is -2.36. The van der Waals surface area contributed by atoms with Crippen LogP contribution in [-0.4, -0.2) is 5.78 Å². The minimum absolute atomic E-state index is 0.318. The van der Waals surface area contributed by atoms with Crippen molar-refractivity contribution < 1.29 is 4.79 Å². The molecule has 13 heavy (non-hydrogen) atoms. The molecule has 72 valence electrons. The van der Waals surface area contributed by atoms with E-state index in [1.807, 2.05) is 0 Å². The van der Waals surface area contributed by atoms with Crippen LogP contribution in [0.1, 0.15) is 45.4 Å². The van der Waals surface area contributed by atoms with E-state index in [-0.39, 0.29) is 0 Å². The van der Waals surface area contributed by atoms with Crippen molar-refractivity contribution in [2.75, 3.05) is 0 Å². The molecule has 1 nitrogen and oxygen atoms in total. The lowest BCUT2D eigenvalue weighted by molar-refractivity contribution is -0.130. The summed E-state index contributed by atoms with van der Waals surface area (Å²) in [6, 6.07) is 0. The van der Waals surface area contributed by atoms with Crippen LogP contribution in [0, 0.1) is 11.3 Å². The molecular formula is C12H18O. The van der Waals surface area contributed by atoms with Gasteiger partial charge in [0.2, 0.25) is 0 Å². The zero-order chi connectivity index (χ0) is 9.31. The fourth-order valence-corrected chi connectivity index (χ4v) is 2.88. The minimum Gasteiger partial charge on any atom is -0.299 e. The summed E-state index contributed by atoms with van der Waals surface area (Å²) in [6.45, 7) is 2.31. The third-order valence-corrected chi connectivity index (χ3v) is 3.82. The van der Waals surface area contributed by atoms with E-state index in [1.165, 1.54) is 19.3 Å². The Bertz CT molecular complexity index is 242. The monoisotopic (exact) mass is 178 g/mol. The molecule has 0 bridgehead atoms. The smallest absolute Gasteiger partial charge is 0.136 e. The molecule has 0 N–H and O–H groups in total. The Morgan fingerprint density at radius 1 is 1.38 bits per heavy atom. The van der Waals surface area contributed by atoms with Crippen molar-refractivity contribution in [1.29, 1.82) is 0 Å². The minimum atomic E-state index is 0.318. The predicted molar refractivity (Wildman–Crippen MR) is 53.4 cm³/mol. The molecule has 0 heterocycles. The van der Waals surface area contributed by atoms with Gasteiger partial charge >= 0.3 is 0 Å². The standard InChI is InChI=1S/C12H18O/c1-12-8-4-2-3-6-10(12)11(13)7-5-9-12/h2-3,10H,4-9H2,1H3. The molecule has 0 aromatic rings. The van der Waals surface area contributed by atoms with Gasteiger partial charge in [0.25, 0.3) is 0 Å². The van der Waals surface area contributed by atoms with Crippen LogP contribution in [0.4, 0.5) is 0 Å². The Morgan fingerprint density at radius 3 is 3.08 bits per heavy atom. The highest BCUT2D eigenvalue weighted by atomic mass is 16.1. The maximum Gasteiger partial charge on any atom is 0.136 e. The zero-order valence-corrected chi connectivity index (χ0v) is 8.38. The number of carbonyl (C=O) groups excluding carboxylic acids is 1. The topological polar surface area (TPSA) is 17.1 Å². The molecule has 0 amide bonds. The van der Waals surface area contributed by atoms with Gasteiger partial charge in [-0.25, -0.2) is 0 Å². The Kier molecular flexibility index (Phi) is 2.27. The SMILES string of the molecule is CC12CCC=CCC1C(=O)CCC2. The summed E-state index contributed by atoms with van der Waals surface area (Å²) in [4.78, 5) is 11.8. The highest BCUT2D eigenvalue weighted by Crippen LogP contribution is 2.45. The maximum absolute atomic E-state index is 11.8. The van der Waals surface area contributed by atoms with Gasteiger partial charge in [-0.05, 0) is 37.5 Å². The van der Waals surface area contributed by atoms with Crippen molar-refractivity contribution in [1.82, 2.24) is 0 Å². The molecule has 0 aliphatic heterocycles. The van der Waals surface area contributed by atoms with Crippen molar-refractivity contribution in [3.05, 3.63) is 12.2 Å². The van der Waals surface area contributed by atoms with E-state index in [2.05, 4.69) is 19.1 Å². The van der Waals surface area contributed by atoms with Gasteiger partial charge in [-0.2, -0.15) is 0 Å². The Morgan fingerprint density at radius 2 is 2.23 bits per heavy atom. The van der Waals surface area contributed by atoms with Crippen LogP contribution in [0.2, 0.25) is 0 Å². The number of carbonyl (C=O) groups is 1. The van der Waals surface area contributed by atoms with Crippen LogP contribution in [0.3, 0.4) is 0 Å². The predicted octanol–water partition coefficient (Wildman–Crippen LogP) is 3.10. The van der Waals surface area contributed by atoms with E-state index >= 15 is 0 Å². The van der Waals surface area contributed by atoms with Gasteiger partial charge in [-0.15, -0.1) is 0 Å². The molecule has 0 radical (unpaired) electrons. The molecule has 2 aliphatic carbocycles. The second-order valence-electron chi connectivity index (χ2n) is 4.77. The van der Waals surface area contributed by atoms with Crippen molar-refractivity contribution in [3.8, 4) is 0 Å². The molecule has 2 aliphatic rings. The second kappa shape index (κ2) is 3.28. The van der Waals surface area contributed by atoms with E-state index < -0.39 is 0 Å². The number of Topliss-reactive ketones (excluding diaryl/α,β-unsaturated/α-hetero) is 1. The number of fused-ring (bicyclic) bond motifs is 1. The summed E-state index contributed by atoms with van der Waals surface area (Å²) >= 11 is 0. The number of rotatable bonds is 0. The molecule has 2 rings (SSSR count). The lowest BCUT2D eigenvalue weighted by Gasteiger charge is -2.39. The molecule has 0 aromatic carbocycles. The summed E-state index contributed by atoms with van der Waals surface area (Å²) < 4.78 is 0. The first kappa shape index (κ1) is 8.98. The molecule has 1 heteroatoms. The van der Waals surface area contributed by atoms with Gasteiger partial charge in [0.05, 0.1) is 0 Å². The van der Waals surface area contributed by atoms with Crippen LogP contribution in [0.25, 0.3) is 0 Å². The third-order valence-electron chi connectivity index (χ3n) is 3.82. The molecule has 0 saturated heterocycles. The summed E-state index contributed by atoms with van der Waals surface area (Å²) in [7, 11) is 0. The quantitative estimate of drug-likeness (QED) is 0.521. The Balaban J connectivity index is 2.22. The van der Waals surface area contributed by atoms with Crippen molar-refractivity contribution in [2.24, 2.45) is 11.3 Å². The first-order chi connectivity index (χ1) is 6.22. The Labute approximate surface area is 80.2 Å². The summed E-state index contributed by atoms with van der Waals surface area (Å²) in [5.74, 6) is 0.848. The van der Waals surface area contributed by atoms with E-state index in [0.29, 0.717) is 17.1 Å². The van der Waals surface area contributed by atoms with Crippen LogP contribution in [0.5, 0.6) is 0 Å². The molecular weight excluding hydrogens is 160 g/mol. The highest BCUT2D eigenvalue weighted by Gasteiger charge is 2.40. The van der Waals surface area contributed by atoms with Gasteiger partial charge in [-0.3, -0.25) is 4.79 Å². The molecule has 0 spiro atoms. The average molecular weight is 178 g/mol. The molecule has 2 unspecified atom stereocenters. The number of allylic oxidation sites excluding steroid dienone is 2. The van der Waals surface area contributed by atoms with Crippen molar-refractivity contribution in [2.45, 2.75) is 45.4 Å². The fourth-order valence-electron chi connectivity index (χ4n) is 2.88. The van der Waals surface area contributed by atoms with Gasteiger partial charge in [0, 0.05) is 12.3 Å². The van der Waals surface area contributed by atoms with Crippen LogP contribution in [-0.2, 0) is 4.79 Å². The van der Waals surface area contributed by atoms with E-state index in [0.717, 1.165) is 19.3 Å². The van der Waals surface area contributed by atoms with E-state index in [9.17, 15) is 4.79 Å². The van der Waals surface area contributed by atoms with Crippen molar-refractivity contribution >= 4 is 5.78 Å². The Hall–Kier alpha value is -0.590. The molecule has 1 fully saturated rings. The molecule has 2 atom stereocenters. The van der Waals surface area contributed by atoms with Gasteiger partial charge < -0.3 is 0 Å². The highest BCUT2D eigenvalue weighted by molar-refractivity contribution is 5.82. The van der Waals surface area contributed by atoms with Crippen molar-refractivity contribution in [3.63, 3.8) is 0 Å². The van der Waals surface area contributed by atoms with Gasteiger partial charge in [0.1, 0.15) is 5.78 Å². The summed E-state index contributed by atoms with van der Waals surface area (Å²) in [5, 5.41) is 0. The van der Waals surface area contributed by atoms with Crippen LogP contribution < -0.4 is 0 Å². The largest absolute Gasteiger partial charge is 0.299 e. The van der Waals surface area contributed by atoms with E-state index in [4.69, 9.17) is 0 Å². The third kappa shape index (κ3) is 1.56. The molecule has 0 aromatic heterocycles. The average Bonchev–Trinajstić information content (AvgIpc) is 2.27. The van der Waals surface area contributed by atoms with Gasteiger partial charge in [0.15, 0.2) is 0 Å². The second-order valence-corrected chi connectivity index (χ2v) is 4.77. The zero-order valence-electron chi connectivity index (χ0n) is 8.38. The molecule has 1 saturated carbocycles. The maximum atomic E-state index is 11.8. The van der Waals surface area contributed by atoms with Crippen LogP contribution >= 0.6 is 0 Å². The number of ketones is 1.